The van der Waals surface area contributed by atoms with Crippen molar-refractivity contribution < 1.29 is 18.0 Å². The Bertz CT molecular complexity index is 564. The Kier molecular flexibility index (Phi) is 3.88. The van der Waals surface area contributed by atoms with E-state index >= 15 is 0 Å². The van der Waals surface area contributed by atoms with Crippen molar-refractivity contribution in [3.8, 4) is 0 Å². The molecular weight excluding hydrogens is 268 g/mol. The Morgan fingerprint density at radius 3 is 2.37 bits per heavy atom. The molecule has 0 heterocycles. The maximum atomic E-state index is 11.9. The second-order valence-corrected chi connectivity index (χ2v) is 6.32. The smallest absolute Gasteiger partial charge is 0.264 e. The van der Waals surface area contributed by atoms with Crippen molar-refractivity contribution >= 4 is 21.6 Å². The van der Waals surface area contributed by atoms with Gasteiger partial charge >= 0.3 is 0 Å². The number of amides is 1. The SMILES string of the molecule is CON(C)S(=O)(=O)c1ccc(NC(=O)C2CC2)cc1. The fourth-order valence-electron chi connectivity index (χ4n) is 1.55. The summed E-state index contributed by atoms with van der Waals surface area (Å²) in [5, 5.41) is 2.75. The highest BCUT2D eigenvalue weighted by atomic mass is 32.2. The molecule has 0 atom stereocenters. The lowest BCUT2D eigenvalue weighted by Crippen LogP contribution is -2.25. The molecule has 6 nitrogen and oxygen atoms in total. The predicted molar refractivity (Wildman–Crippen MR) is 69.8 cm³/mol. The van der Waals surface area contributed by atoms with Gasteiger partial charge in [-0.15, -0.1) is 0 Å². The number of hydrogen-bond donors (Lipinski definition) is 1. The van der Waals surface area contributed by atoms with Crippen molar-refractivity contribution in [2.75, 3.05) is 19.5 Å². The maximum Gasteiger partial charge on any atom is 0.264 e. The number of nitrogens with zero attached hydrogens (tertiary/aromatic N) is 1. The van der Waals surface area contributed by atoms with Crippen LogP contribution in [0, 0.1) is 5.92 Å². The fourth-order valence-corrected chi connectivity index (χ4v) is 2.52. The Labute approximate surface area is 112 Å². The fraction of sp³-hybridized carbons (Fsp3) is 0.417. The van der Waals surface area contributed by atoms with Gasteiger partial charge < -0.3 is 5.32 Å². The van der Waals surface area contributed by atoms with Crippen molar-refractivity contribution in [1.82, 2.24) is 4.47 Å². The van der Waals surface area contributed by atoms with Crippen molar-refractivity contribution in [1.29, 1.82) is 0 Å². The van der Waals surface area contributed by atoms with E-state index in [0.29, 0.717) is 5.69 Å². The Hall–Kier alpha value is -1.44. The average molecular weight is 284 g/mol. The zero-order valence-corrected chi connectivity index (χ0v) is 11.6. The van der Waals surface area contributed by atoms with Crippen molar-refractivity contribution in [2.24, 2.45) is 5.92 Å². The molecule has 2 rings (SSSR count). The lowest BCUT2D eigenvalue weighted by molar-refractivity contribution is -0.117. The van der Waals surface area contributed by atoms with Gasteiger partial charge in [0.2, 0.25) is 5.91 Å². The number of nitrogens with one attached hydrogen (secondary N) is 1. The van der Waals surface area contributed by atoms with Crippen LogP contribution in [0.15, 0.2) is 29.2 Å². The summed E-state index contributed by atoms with van der Waals surface area (Å²) in [5.41, 5.74) is 0.593. The zero-order valence-electron chi connectivity index (χ0n) is 10.8. The monoisotopic (exact) mass is 284 g/mol. The molecule has 1 aliphatic rings. The van der Waals surface area contributed by atoms with Gasteiger partial charge in [0.05, 0.1) is 12.0 Å². The van der Waals surface area contributed by atoms with E-state index in [1.165, 1.54) is 26.3 Å². The number of anilines is 1. The topological polar surface area (TPSA) is 75.7 Å². The minimum Gasteiger partial charge on any atom is -0.326 e. The van der Waals surface area contributed by atoms with Gasteiger partial charge in [-0.2, -0.15) is 0 Å². The number of rotatable bonds is 5. The Morgan fingerprint density at radius 1 is 1.32 bits per heavy atom. The van der Waals surface area contributed by atoms with Crippen LogP contribution in [0.4, 0.5) is 5.69 Å². The van der Waals surface area contributed by atoms with E-state index in [4.69, 9.17) is 0 Å². The van der Waals surface area contributed by atoms with E-state index in [0.717, 1.165) is 17.3 Å². The quantitative estimate of drug-likeness (QED) is 0.825. The van der Waals surface area contributed by atoms with Gasteiger partial charge in [-0.3, -0.25) is 9.63 Å². The maximum absolute atomic E-state index is 11.9. The summed E-state index contributed by atoms with van der Waals surface area (Å²) in [6, 6.07) is 6.01. The van der Waals surface area contributed by atoms with E-state index in [1.54, 1.807) is 12.1 Å². The van der Waals surface area contributed by atoms with Gasteiger partial charge in [0, 0.05) is 18.7 Å². The number of sulfonamides is 1. The van der Waals surface area contributed by atoms with Gasteiger partial charge in [-0.25, -0.2) is 8.42 Å². The number of carbonyl (C=O) groups excluding carboxylic acids is 1. The molecule has 1 saturated carbocycles. The highest BCUT2D eigenvalue weighted by Crippen LogP contribution is 2.30. The third-order valence-electron chi connectivity index (χ3n) is 2.96. The summed E-state index contributed by atoms with van der Waals surface area (Å²) in [7, 11) is -1.04. The molecular formula is C12H16N2O4S. The van der Waals surface area contributed by atoms with Crippen molar-refractivity contribution in [2.45, 2.75) is 17.7 Å². The number of benzene rings is 1. The molecule has 19 heavy (non-hydrogen) atoms. The van der Waals surface area contributed by atoms with Gasteiger partial charge in [0.15, 0.2) is 0 Å². The molecule has 1 aromatic rings. The first-order valence-electron chi connectivity index (χ1n) is 5.89. The molecule has 104 valence electrons. The van der Waals surface area contributed by atoms with E-state index in [-0.39, 0.29) is 16.7 Å². The van der Waals surface area contributed by atoms with Crippen LogP contribution in [-0.2, 0) is 19.7 Å². The first-order chi connectivity index (χ1) is 8.95. The lowest BCUT2D eigenvalue weighted by Gasteiger charge is -2.14. The van der Waals surface area contributed by atoms with Gasteiger partial charge in [-0.1, -0.05) is 4.47 Å². The number of carbonyl (C=O) groups is 1. The minimum absolute atomic E-state index is 0.00961. The molecule has 0 spiro atoms. The van der Waals surface area contributed by atoms with Crippen LogP contribution in [0.25, 0.3) is 0 Å². The van der Waals surface area contributed by atoms with E-state index in [2.05, 4.69) is 10.2 Å². The molecule has 7 heteroatoms. The molecule has 0 unspecified atom stereocenters. The molecule has 1 amide bonds. The second-order valence-electron chi connectivity index (χ2n) is 4.39. The van der Waals surface area contributed by atoms with E-state index < -0.39 is 10.0 Å². The Morgan fingerprint density at radius 2 is 1.89 bits per heavy atom. The molecule has 0 radical (unpaired) electrons. The first-order valence-corrected chi connectivity index (χ1v) is 7.33. The van der Waals surface area contributed by atoms with Gasteiger partial charge in [0.1, 0.15) is 0 Å². The molecule has 0 bridgehead atoms. The molecule has 1 N–H and O–H groups in total. The van der Waals surface area contributed by atoms with Gasteiger partial charge in [-0.05, 0) is 37.1 Å². The van der Waals surface area contributed by atoms with E-state index in [9.17, 15) is 13.2 Å². The van der Waals surface area contributed by atoms with Crippen LogP contribution >= 0.6 is 0 Å². The van der Waals surface area contributed by atoms with Crippen molar-refractivity contribution in [3.05, 3.63) is 24.3 Å². The molecule has 0 aromatic heterocycles. The minimum atomic E-state index is -3.64. The third kappa shape index (κ3) is 3.12. The summed E-state index contributed by atoms with van der Waals surface area (Å²) in [5.74, 6) is 0.104. The molecule has 1 aliphatic carbocycles. The van der Waals surface area contributed by atoms with Crippen LogP contribution in [-0.4, -0.2) is 33.0 Å². The van der Waals surface area contributed by atoms with Crippen molar-refractivity contribution in [3.63, 3.8) is 0 Å². The molecule has 1 aromatic carbocycles. The second kappa shape index (κ2) is 5.28. The summed E-state index contributed by atoms with van der Waals surface area (Å²) in [4.78, 5) is 16.3. The molecule has 0 saturated heterocycles. The van der Waals surface area contributed by atoms with Crippen LogP contribution < -0.4 is 5.32 Å². The summed E-state index contributed by atoms with van der Waals surface area (Å²) in [6.45, 7) is 0. The molecule has 0 aliphatic heterocycles. The Balaban J connectivity index is 2.11. The highest BCUT2D eigenvalue weighted by molar-refractivity contribution is 7.89. The first kappa shape index (κ1) is 14.0. The number of hydrogen-bond acceptors (Lipinski definition) is 4. The van der Waals surface area contributed by atoms with Crippen LogP contribution in [0.5, 0.6) is 0 Å². The third-order valence-corrected chi connectivity index (χ3v) is 4.66. The summed E-state index contributed by atoms with van der Waals surface area (Å²) >= 11 is 0. The summed E-state index contributed by atoms with van der Waals surface area (Å²) in [6.07, 6.45) is 1.86. The highest BCUT2D eigenvalue weighted by Gasteiger charge is 2.29. The van der Waals surface area contributed by atoms with Crippen LogP contribution in [0.1, 0.15) is 12.8 Å². The largest absolute Gasteiger partial charge is 0.326 e. The lowest BCUT2D eigenvalue weighted by atomic mass is 10.3. The predicted octanol–water partition coefficient (Wildman–Crippen LogP) is 1.22. The van der Waals surface area contributed by atoms with Crippen LogP contribution in [0.2, 0.25) is 0 Å². The normalized spacial score (nSPS) is 15.5. The number of hydroxylamine groups is 1. The summed E-state index contributed by atoms with van der Waals surface area (Å²) < 4.78 is 24.6. The molecule has 1 fully saturated rings. The van der Waals surface area contributed by atoms with Gasteiger partial charge in [0.25, 0.3) is 10.0 Å². The van der Waals surface area contributed by atoms with Crippen LogP contribution in [0.3, 0.4) is 0 Å². The van der Waals surface area contributed by atoms with E-state index in [1.807, 2.05) is 0 Å². The standard InChI is InChI=1S/C12H16N2O4S/c1-14(18-2)19(16,17)11-7-5-10(6-8-11)13-12(15)9-3-4-9/h5-9H,3-4H2,1-2H3,(H,13,15). The zero-order chi connectivity index (χ0) is 14.0. The average Bonchev–Trinajstić information content (AvgIpc) is 3.22.